The summed E-state index contributed by atoms with van der Waals surface area (Å²) >= 11 is 0. The molecule has 70 valence electrons. The molecule has 0 aliphatic rings. The van der Waals surface area contributed by atoms with Gasteiger partial charge in [-0.3, -0.25) is 4.79 Å². The number of carbonyl (C=O) groups excluding carboxylic acids is 2. The molecular weight excluding hydrogens is 172 g/mol. The van der Waals surface area contributed by atoms with Crippen LogP contribution in [0.5, 0.6) is 0 Å². The largest absolute Gasteiger partial charge is 0.352 e. The number of nitrogens with one attached hydrogen (secondary N) is 2. The molecule has 4 N–H and O–H groups in total. The topological polar surface area (TPSA) is 84.2 Å². The van der Waals surface area contributed by atoms with E-state index in [1.165, 1.54) is 0 Å². The molecule has 0 atom stereocenters. The van der Waals surface area contributed by atoms with Crippen LogP contribution in [-0.2, 0) is 4.79 Å². The number of alkyl halides is 2. The lowest BCUT2D eigenvalue weighted by atomic mass is 10.5. The SMILES string of the molecule is NC(=O)NCCNC(=O)C(F)F. The van der Waals surface area contributed by atoms with Crippen molar-refractivity contribution in [3.8, 4) is 0 Å². The summed E-state index contributed by atoms with van der Waals surface area (Å²) in [7, 11) is 0. The number of amides is 3. The predicted molar refractivity (Wildman–Crippen MR) is 36.6 cm³/mol. The van der Waals surface area contributed by atoms with Crippen molar-refractivity contribution in [2.75, 3.05) is 13.1 Å². The third-order valence-electron chi connectivity index (χ3n) is 0.922. The van der Waals surface area contributed by atoms with Crippen molar-refractivity contribution in [1.82, 2.24) is 10.6 Å². The first-order valence-corrected chi connectivity index (χ1v) is 3.13. The van der Waals surface area contributed by atoms with E-state index in [9.17, 15) is 18.4 Å². The quantitative estimate of drug-likeness (QED) is 0.488. The Morgan fingerprint density at radius 1 is 1.25 bits per heavy atom. The molecule has 0 heterocycles. The number of halogens is 2. The maximum Gasteiger partial charge on any atom is 0.315 e. The van der Waals surface area contributed by atoms with E-state index in [0.29, 0.717) is 0 Å². The minimum atomic E-state index is -3.03. The summed E-state index contributed by atoms with van der Waals surface area (Å²) in [6.07, 6.45) is -3.03. The van der Waals surface area contributed by atoms with Gasteiger partial charge in [0, 0.05) is 13.1 Å². The standard InChI is InChI=1S/C5H9F2N3O2/c6-3(7)4(11)9-1-2-10-5(8)12/h3H,1-2H2,(H,9,11)(H3,8,10,12). The molecule has 0 saturated heterocycles. The van der Waals surface area contributed by atoms with Gasteiger partial charge in [-0.2, -0.15) is 8.78 Å². The molecule has 0 unspecified atom stereocenters. The second kappa shape index (κ2) is 5.28. The molecule has 0 saturated carbocycles. The Labute approximate surface area is 67.3 Å². The second-order valence-electron chi connectivity index (χ2n) is 1.88. The Kier molecular flexibility index (Phi) is 4.66. The number of hydrogen-bond donors (Lipinski definition) is 3. The fourth-order valence-electron chi connectivity index (χ4n) is 0.449. The molecule has 0 rings (SSSR count). The first-order chi connectivity index (χ1) is 5.54. The molecule has 3 amide bonds. The highest BCUT2D eigenvalue weighted by molar-refractivity contribution is 5.79. The Balaban J connectivity index is 3.32. The van der Waals surface area contributed by atoms with Crippen LogP contribution in [-0.4, -0.2) is 31.5 Å². The van der Waals surface area contributed by atoms with E-state index in [-0.39, 0.29) is 13.1 Å². The van der Waals surface area contributed by atoms with Crippen molar-refractivity contribution in [3.63, 3.8) is 0 Å². The van der Waals surface area contributed by atoms with Gasteiger partial charge < -0.3 is 16.4 Å². The molecule has 0 bridgehead atoms. The predicted octanol–water partition coefficient (Wildman–Crippen LogP) is -0.964. The van der Waals surface area contributed by atoms with Crippen molar-refractivity contribution >= 4 is 11.9 Å². The zero-order valence-corrected chi connectivity index (χ0v) is 6.14. The highest BCUT2D eigenvalue weighted by Crippen LogP contribution is 1.89. The van der Waals surface area contributed by atoms with Crippen LogP contribution in [0.1, 0.15) is 0 Å². The number of nitrogens with two attached hydrogens (primary N) is 1. The molecule has 7 heteroatoms. The molecule has 0 aliphatic heterocycles. The maximum absolute atomic E-state index is 11.5. The van der Waals surface area contributed by atoms with Crippen LogP contribution in [0.4, 0.5) is 13.6 Å². The van der Waals surface area contributed by atoms with E-state index < -0.39 is 18.4 Å². The van der Waals surface area contributed by atoms with Crippen LogP contribution in [0.2, 0.25) is 0 Å². The van der Waals surface area contributed by atoms with Gasteiger partial charge >= 0.3 is 12.5 Å². The summed E-state index contributed by atoms with van der Waals surface area (Å²) < 4.78 is 23.0. The summed E-state index contributed by atoms with van der Waals surface area (Å²) in [6, 6.07) is -0.763. The maximum atomic E-state index is 11.5. The number of rotatable bonds is 4. The van der Waals surface area contributed by atoms with Crippen LogP contribution in [0.3, 0.4) is 0 Å². The molecule has 0 spiro atoms. The summed E-state index contributed by atoms with van der Waals surface area (Å²) in [4.78, 5) is 20.2. The first kappa shape index (κ1) is 10.6. The van der Waals surface area contributed by atoms with E-state index in [0.717, 1.165) is 0 Å². The average Bonchev–Trinajstić information content (AvgIpc) is 1.97. The van der Waals surface area contributed by atoms with Crippen molar-refractivity contribution in [1.29, 1.82) is 0 Å². The average molecular weight is 181 g/mol. The van der Waals surface area contributed by atoms with Gasteiger partial charge in [-0.1, -0.05) is 0 Å². The number of hydrogen-bond acceptors (Lipinski definition) is 2. The lowest BCUT2D eigenvalue weighted by molar-refractivity contribution is -0.131. The molecule has 12 heavy (non-hydrogen) atoms. The Morgan fingerprint density at radius 3 is 2.17 bits per heavy atom. The lowest BCUT2D eigenvalue weighted by Crippen LogP contribution is -2.39. The Bertz CT molecular complexity index is 174. The molecule has 0 aromatic rings. The van der Waals surface area contributed by atoms with E-state index in [1.807, 2.05) is 5.32 Å². The molecule has 0 fully saturated rings. The van der Waals surface area contributed by atoms with Gasteiger partial charge in [0.15, 0.2) is 0 Å². The van der Waals surface area contributed by atoms with Crippen molar-refractivity contribution in [2.45, 2.75) is 6.43 Å². The Morgan fingerprint density at radius 2 is 1.75 bits per heavy atom. The van der Waals surface area contributed by atoms with Crippen LogP contribution in [0, 0.1) is 0 Å². The van der Waals surface area contributed by atoms with Gasteiger partial charge in [0.05, 0.1) is 0 Å². The number of primary amides is 1. The molecule has 5 nitrogen and oxygen atoms in total. The van der Waals surface area contributed by atoms with Crippen LogP contribution >= 0.6 is 0 Å². The van der Waals surface area contributed by atoms with Crippen LogP contribution < -0.4 is 16.4 Å². The molecule has 0 aliphatic carbocycles. The fraction of sp³-hybridized carbons (Fsp3) is 0.600. The summed E-state index contributed by atoms with van der Waals surface area (Å²) in [5.41, 5.74) is 4.66. The summed E-state index contributed by atoms with van der Waals surface area (Å²) in [6.45, 7) is -0.0279. The van der Waals surface area contributed by atoms with Crippen LogP contribution in [0.25, 0.3) is 0 Å². The summed E-state index contributed by atoms with van der Waals surface area (Å²) in [5, 5.41) is 4.00. The van der Waals surface area contributed by atoms with Gasteiger partial charge in [-0.15, -0.1) is 0 Å². The van der Waals surface area contributed by atoms with Crippen LogP contribution in [0.15, 0.2) is 0 Å². The number of urea groups is 1. The van der Waals surface area contributed by atoms with E-state index in [1.54, 1.807) is 0 Å². The third kappa shape index (κ3) is 5.39. The smallest absolute Gasteiger partial charge is 0.315 e. The first-order valence-electron chi connectivity index (χ1n) is 3.13. The highest BCUT2D eigenvalue weighted by atomic mass is 19.3. The van der Waals surface area contributed by atoms with Gasteiger partial charge in [-0.05, 0) is 0 Å². The molecule has 0 radical (unpaired) electrons. The molecule has 0 aromatic carbocycles. The normalized spacial score (nSPS) is 9.58. The minimum absolute atomic E-state index is 0.0355. The van der Waals surface area contributed by atoms with Gasteiger partial charge in [0.25, 0.3) is 5.91 Å². The summed E-state index contributed by atoms with van der Waals surface area (Å²) in [5.74, 6) is -1.36. The van der Waals surface area contributed by atoms with E-state index >= 15 is 0 Å². The number of carbonyl (C=O) groups is 2. The third-order valence-corrected chi connectivity index (χ3v) is 0.922. The Hall–Kier alpha value is -1.40. The minimum Gasteiger partial charge on any atom is -0.352 e. The molecule has 0 aromatic heterocycles. The van der Waals surface area contributed by atoms with Crippen molar-refractivity contribution in [2.24, 2.45) is 5.73 Å². The lowest BCUT2D eigenvalue weighted by Gasteiger charge is -2.03. The van der Waals surface area contributed by atoms with E-state index in [2.05, 4.69) is 11.1 Å². The van der Waals surface area contributed by atoms with Gasteiger partial charge in [0.2, 0.25) is 0 Å². The van der Waals surface area contributed by atoms with Crippen molar-refractivity contribution in [3.05, 3.63) is 0 Å². The zero-order chi connectivity index (χ0) is 9.56. The highest BCUT2D eigenvalue weighted by Gasteiger charge is 2.13. The van der Waals surface area contributed by atoms with Gasteiger partial charge in [0.1, 0.15) is 0 Å². The van der Waals surface area contributed by atoms with E-state index in [4.69, 9.17) is 0 Å². The van der Waals surface area contributed by atoms with Crippen molar-refractivity contribution < 1.29 is 18.4 Å². The molecular formula is C5H9F2N3O2. The monoisotopic (exact) mass is 181 g/mol. The zero-order valence-electron chi connectivity index (χ0n) is 6.14. The van der Waals surface area contributed by atoms with Gasteiger partial charge in [-0.25, -0.2) is 4.79 Å². The fourth-order valence-corrected chi connectivity index (χ4v) is 0.449. The second-order valence-corrected chi connectivity index (χ2v) is 1.88.